The van der Waals surface area contributed by atoms with Crippen LogP contribution in [0.25, 0.3) is 0 Å². The molecule has 1 saturated heterocycles. The summed E-state index contributed by atoms with van der Waals surface area (Å²) in [6.45, 7) is 7.33. The molecule has 2 N–H and O–H groups in total. The Bertz CT molecular complexity index is 1060. The lowest BCUT2D eigenvalue weighted by molar-refractivity contribution is -0.152. The number of amides is 1. The average Bonchev–Trinajstić information content (AvgIpc) is 2.87. The second-order valence-corrected chi connectivity index (χ2v) is 9.15. The van der Waals surface area contributed by atoms with Crippen molar-refractivity contribution in [1.29, 1.82) is 0 Å². The normalized spacial score (nSPS) is 14.1. The van der Waals surface area contributed by atoms with E-state index in [1.807, 2.05) is 30.0 Å². The van der Waals surface area contributed by atoms with Crippen LogP contribution in [0.3, 0.4) is 0 Å². The minimum atomic E-state index is -1.47. The molecule has 0 aliphatic carbocycles. The number of carboxylic acid groups (broad SMARTS) is 1. The number of ether oxygens (including phenoxy) is 4. The number of nitrogens with one attached hydrogen (secondary N) is 1. The Morgan fingerprint density at radius 3 is 2.33 bits per heavy atom. The maximum absolute atomic E-state index is 13.9. The highest BCUT2D eigenvalue weighted by Crippen LogP contribution is 2.31. The van der Waals surface area contributed by atoms with Gasteiger partial charge in [0.25, 0.3) is 5.91 Å². The zero-order chi connectivity index (χ0) is 26.3. The third-order valence-electron chi connectivity index (χ3n) is 6.14. The number of methoxy groups -OCH3 is 2. The maximum atomic E-state index is 13.9. The number of benzene rings is 2. The van der Waals surface area contributed by atoms with E-state index < -0.39 is 11.6 Å². The van der Waals surface area contributed by atoms with Crippen LogP contribution in [0, 0.1) is 0 Å². The molecule has 1 fully saturated rings. The minimum Gasteiger partial charge on any atom is -0.497 e. The monoisotopic (exact) mass is 500 g/mol. The molecule has 2 aromatic rings. The highest BCUT2D eigenvalue weighted by atomic mass is 16.5. The molecule has 1 aliphatic rings. The van der Waals surface area contributed by atoms with Crippen molar-refractivity contribution in [3.63, 3.8) is 0 Å². The van der Waals surface area contributed by atoms with Gasteiger partial charge in [0.05, 0.1) is 20.8 Å². The van der Waals surface area contributed by atoms with Gasteiger partial charge >= 0.3 is 5.97 Å². The number of hydrogen-bond donors (Lipinski definition) is 2. The van der Waals surface area contributed by atoms with E-state index in [9.17, 15) is 14.7 Å². The van der Waals surface area contributed by atoms with E-state index >= 15 is 0 Å². The van der Waals surface area contributed by atoms with Crippen molar-refractivity contribution in [2.24, 2.45) is 0 Å². The molecule has 196 valence electrons. The molecule has 2 aromatic carbocycles. The second kappa shape index (κ2) is 12.0. The summed E-state index contributed by atoms with van der Waals surface area (Å²) in [7, 11) is 3.09. The topological polar surface area (TPSA) is 107 Å². The number of carbonyl (C=O) groups excluding carboxylic acids is 1. The smallest absolute Gasteiger partial charge is 0.347 e. The van der Waals surface area contributed by atoms with Crippen LogP contribution in [0.4, 0.5) is 0 Å². The quantitative estimate of drug-likeness (QED) is 0.481. The van der Waals surface area contributed by atoms with E-state index in [1.54, 1.807) is 25.3 Å². The fourth-order valence-corrected chi connectivity index (χ4v) is 4.15. The summed E-state index contributed by atoms with van der Waals surface area (Å²) in [4.78, 5) is 27.4. The Morgan fingerprint density at radius 2 is 1.72 bits per heavy atom. The zero-order valence-corrected chi connectivity index (χ0v) is 21.6. The first kappa shape index (κ1) is 27.1. The first-order valence-corrected chi connectivity index (χ1v) is 12.1. The van der Waals surface area contributed by atoms with Crippen LogP contribution in [0.2, 0.25) is 0 Å². The van der Waals surface area contributed by atoms with Crippen LogP contribution in [0.1, 0.15) is 49.5 Å². The Kier molecular flexibility index (Phi) is 9.03. The van der Waals surface area contributed by atoms with Gasteiger partial charge in [-0.05, 0) is 76.5 Å². The van der Waals surface area contributed by atoms with Gasteiger partial charge < -0.3 is 34.3 Å². The largest absolute Gasteiger partial charge is 0.497 e. The lowest BCUT2D eigenvalue weighted by Crippen LogP contribution is -2.45. The van der Waals surface area contributed by atoms with Crippen molar-refractivity contribution in [2.75, 3.05) is 33.9 Å². The second-order valence-electron chi connectivity index (χ2n) is 9.15. The number of hydrogen-bond acceptors (Lipinski definition) is 7. The Hall–Kier alpha value is -3.46. The maximum Gasteiger partial charge on any atom is 0.347 e. The van der Waals surface area contributed by atoms with E-state index in [4.69, 9.17) is 18.9 Å². The van der Waals surface area contributed by atoms with Crippen molar-refractivity contribution in [3.05, 3.63) is 47.5 Å². The first-order chi connectivity index (χ1) is 17.2. The molecule has 0 radical (unpaired) electrons. The SMILES string of the molecule is CCOc1cc(CN(C(=O)c2cc(OC)cc(OC(C)(C)C(=O)O)c2)C2CCNCC2)ccc1OC. The Morgan fingerprint density at radius 1 is 1.03 bits per heavy atom. The summed E-state index contributed by atoms with van der Waals surface area (Å²) in [6.07, 6.45) is 1.64. The van der Waals surface area contributed by atoms with Crippen LogP contribution in [0.5, 0.6) is 23.0 Å². The van der Waals surface area contributed by atoms with Gasteiger partial charge in [-0.15, -0.1) is 0 Å². The molecule has 1 aliphatic heterocycles. The molecule has 36 heavy (non-hydrogen) atoms. The lowest BCUT2D eigenvalue weighted by atomic mass is 10.0. The summed E-state index contributed by atoms with van der Waals surface area (Å²) < 4.78 is 22.2. The minimum absolute atomic E-state index is 0.0300. The van der Waals surface area contributed by atoms with Crippen LogP contribution < -0.4 is 24.3 Å². The van der Waals surface area contributed by atoms with Gasteiger partial charge in [0, 0.05) is 24.2 Å². The molecule has 1 amide bonds. The predicted octanol–water partition coefficient (Wildman–Crippen LogP) is 3.74. The number of aliphatic carboxylic acids is 1. The molecule has 0 aromatic heterocycles. The molecule has 9 nitrogen and oxygen atoms in total. The summed E-state index contributed by atoms with van der Waals surface area (Å²) in [6, 6.07) is 10.5. The first-order valence-electron chi connectivity index (χ1n) is 12.1. The molecule has 9 heteroatoms. The fraction of sp³-hybridized carbons (Fsp3) is 0.481. The van der Waals surface area contributed by atoms with Gasteiger partial charge in [-0.1, -0.05) is 6.07 Å². The van der Waals surface area contributed by atoms with Crippen LogP contribution >= 0.6 is 0 Å². The molecule has 0 spiro atoms. The van der Waals surface area contributed by atoms with E-state index in [1.165, 1.54) is 21.0 Å². The van der Waals surface area contributed by atoms with Crippen molar-refractivity contribution < 1.29 is 33.6 Å². The van der Waals surface area contributed by atoms with Gasteiger partial charge in [-0.2, -0.15) is 0 Å². The number of carbonyl (C=O) groups is 2. The molecule has 1 heterocycles. The zero-order valence-electron chi connectivity index (χ0n) is 21.6. The van der Waals surface area contributed by atoms with Crippen molar-refractivity contribution in [2.45, 2.75) is 51.8 Å². The van der Waals surface area contributed by atoms with Gasteiger partial charge in [-0.3, -0.25) is 4.79 Å². The fourth-order valence-electron chi connectivity index (χ4n) is 4.15. The van der Waals surface area contributed by atoms with E-state index in [0.29, 0.717) is 36.0 Å². The third kappa shape index (κ3) is 6.60. The summed E-state index contributed by atoms with van der Waals surface area (Å²) >= 11 is 0. The van der Waals surface area contributed by atoms with Crippen LogP contribution in [0.15, 0.2) is 36.4 Å². The van der Waals surface area contributed by atoms with Crippen LogP contribution in [-0.4, -0.2) is 67.4 Å². The van der Waals surface area contributed by atoms with Crippen molar-refractivity contribution >= 4 is 11.9 Å². The Labute approximate surface area is 212 Å². The molecular weight excluding hydrogens is 464 g/mol. The van der Waals surface area contributed by atoms with Crippen molar-refractivity contribution in [1.82, 2.24) is 10.2 Å². The number of carboxylic acids is 1. The summed E-state index contributed by atoms with van der Waals surface area (Å²) in [5.74, 6) is 0.620. The number of rotatable bonds is 11. The van der Waals surface area contributed by atoms with E-state index in [-0.39, 0.29) is 17.7 Å². The van der Waals surface area contributed by atoms with E-state index in [0.717, 1.165) is 31.5 Å². The van der Waals surface area contributed by atoms with E-state index in [2.05, 4.69) is 5.32 Å². The van der Waals surface area contributed by atoms with Gasteiger partial charge in [0.15, 0.2) is 17.1 Å². The lowest BCUT2D eigenvalue weighted by Gasteiger charge is -2.35. The molecule has 0 unspecified atom stereocenters. The molecule has 0 atom stereocenters. The van der Waals surface area contributed by atoms with Gasteiger partial charge in [0.1, 0.15) is 11.5 Å². The molecule has 3 rings (SSSR count). The van der Waals surface area contributed by atoms with Crippen molar-refractivity contribution in [3.8, 4) is 23.0 Å². The Balaban J connectivity index is 1.97. The number of nitrogens with zero attached hydrogens (tertiary/aromatic N) is 1. The number of piperidine rings is 1. The summed E-state index contributed by atoms with van der Waals surface area (Å²) in [5, 5.41) is 12.8. The average molecular weight is 501 g/mol. The highest BCUT2D eigenvalue weighted by Gasteiger charge is 2.31. The van der Waals surface area contributed by atoms with Gasteiger partial charge in [-0.25, -0.2) is 4.79 Å². The molecular formula is C27H36N2O7. The highest BCUT2D eigenvalue weighted by molar-refractivity contribution is 5.95. The summed E-state index contributed by atoms with van der Waals surface area (Å²) in [5.41, 5.74) is -0.194. The standard InChI is InChI=1S/C27H36N2O7/c1-6-35-24-13-18(7-8-23(24)34-5)17-29(20-9-11-28-12-10-20)25(30)19-14-21(33-4)16-22(15-19)36-27(2,3)26(31)32/h7-8,13-16,20,28H,6,9-12,17H2,1-5H3,(H,31,32). The molecule has 0 saturated carbocycles. The predicted molar refractivity (Wildman–Crippen MR) is 135 cm³/mol. The molecule has 0 bridgehead atoms. The third-order valence-corrected chi connectivity index (χ3v) is 6.14. The van der Waals surface area contributed by atoms with Crippen LogP contribution in [-0.2, 0) is 11.3 Å². The van der Waals surface area contributed by atoms with Gasteiger partial charge in [0.2, 0.25) is 0 Å².